The molecule has 8 heterocycles. The predicted molar refractivity (Wildman–Crippen MR) is 222 cm³/mol. The van der Waals surface area contributed by atoms with Crippen molar-refractivity contribution in [1.82, 2.24) is 20.1 Å². The molecule has 0 aliphatic carbocycles. The van der Waals surface area contributed by atoms with Crippen LogP contribution in [0.2, 0.25) is 0 Å². The zero-order valence-corrected chi connectivity index (χ0v) is 35.5. The van der Waals surface area contributed by atoms with E-state index in [9.17, 15) is 19.5 Å². The number of thioether (sulfide) groups is 1. The first-order valence-electron chi connectivity index (χ1n) is 20.8. The van der Waals surface area contributed by atoms with E-state index in [1.165, 1.54) is 6.92 Å². The van der Waals surface area contributed by atoms with Gasteiger partial charge in [0.25, 0.3) is 0 Å². The fraction of sp³-hybridized carbons (Fsp3) is 0.489. The summed E-state index contributed by atoms with van der Waals surface area (Å²) >= 11 is 1.57. The van der Waals surface area contributed by atoms with Crippen LogP contribution in [0.1, 0.15) is 88.7 Å². The molecule has 3 N–H and O–H groups in total. The van der Waals surface area contributed by atoms with Crippen molar-refractivity contribution in [2.24, 2.45) is 0 Å². The van der Waals surface area contributed by atoms with Gasteiger partial charge in [-0.3, -0.25) is 29.5 Å². The first-order valence-corrected chi connectivity index (χ1v) is 21.8. The smallest absolute Gasteiger partial charge is 0.311 e. The molecule has 11 rings (SSSR count). The minimum atomic E-state index is -1.18. The van der Waals surface area contributed by atoms with Gasteiger partial charge in [-0.15, -0.1) is 11.8 Å². The standard InChI is InChI=1S/C45H50N4O10S/c1-7-10-31(52)59-41-32-24(15-21(2)37(41)54-6)16-28-44(53)49-29-17-55-18-30(51)45(43-26(13-14-46-45)25-11-8-9-12-27(25)47-43)19-60-42(36(49)35(32)48(28)5)34-33(29)40-39(56-20-57-40)22(3)38(34)58-23(4)50/h8-9,11-12,15,28-29,35-36,42,44,46-47,53H,7,10,13-14,16-20H2,1-6H3/t28-,29+,35+,36?,42-,44+,45+/m1/s1. The number of ether oxygens (including phenoxy) is 6. The number of hydrogen-bond donors (Lipinski definition) is 3. The van der Waals surface area contributed by atoms with Crippen molar-refractivity contribution >= 4 is 40.4 Å². The van der Waals surface area contributed by atoms with E-state index >= 15 is 0 Å². The van der Waals surface area contributed by atoms with Crippen LogP contribution in [-0.2, 0) is 37.5 Å². The molecule has 0 saturated carbocycles. The maximum atomic E-state index is 14.9. The topological polar surface area (TPSA) is 161 Å². The maximum Gasteiger partial charge on any atom is 0.311 e. The van der Waals surface area contributed by atoms with E-state index in [0.717, 1.165) is 50.8 Å². The number of aromatic amines is 1. The molecule has 0 radical (unpaired) electrons. The summed E-state index contributed by atoms with van der Waals surface area (Å²) in [5.74, 6) is 1.47. The Labute approximate surface area is 352 Å². The lowest BCUT2D eigenvalue weighted by atomic mass is 9.73. The van der Waals surface area contributed by atoms with Crippen LogP contribution in [0.15, 0.2) is 30.3 Å². The Morgan fingerprint density at radius 3 is 2.65 bits per heavy atom. The molecule has 1 spiro atoms. The summed E-state index contributed by atoms with van der Waals surface area (Å²) in [6.07, 6.45) is 1.03. The van der Waals surface area contributed by atoms with Crippen molar-refractivity contribution in [2.45, 2.75) is 94.6 Å². The molecule has 4 bridgehead atoms. The van der Waals surface area contributed by atoms with Gasteiger partial charge in [-0.1, -0.05) is 31.2 Å². The van der Waals surface area contributed by atoms with Crippen molar-refractivity contribution in [1.29, 1.82) is 0 Å². The van der Waals surface area contributed by atoms with Crippen LogP contribution in [0.3, 0.4) is 0 Å². The van der Waals surface area contributed by atoms with Gasteiger partial charge in [-0.2, -0.15) is 0 Å². The molecule has 0 amide bonds. The van der Waals surface area contributed by atoms with E-state index in [4.69, 9.17) is 28.4 Å². The molecule has 1 aromatic heterocycles. The van der Waals surface area contributed by atoms with E-state index in [-0.39, 0.29) is 50.0 Å². The van der Waals surface area contributed by atoms with Gasteiger partial charge < -0.3 is 38.5 Å². The summed E-state index contributed by atoms with van der Waals surface area (Å²) in [4.78, 5) is 49.5. The number of rotatable bonds is 5. The number of fused-ring (bicyclic) bond motifs is 12. The van der Waals surface area contributed by atoms with Crippen molar-refractivity contribution in [3.05, 3.63) is 75.0 Å². The Hall–Kier alpha value is -4.64. The third-order valence-electron chi connectivity index (χ3n) is 13.5. The second-order valence-corrected chi connectivity index (χ2v) is 17.9. The van der Waals surface area contributed by atoms with Gasteiger partial charge in [0.1, 0.15) is 24.1 Å². The summed E-state index contributed by atoms with van der Waals surface area (Å²) in [5, 5.41) is 17.0. The number of nitrogens with zero attached hydrogens (tertiary/aromatic N) is 2. The molecule has 4 aromatic rings. The number of ketones is 1. The van der Waals surface area contributed by atoms with E-state index in [2.05, 4.69) is 32.2 Å². The number of Topliss-reactive ketones (excluding diaryl/α,β-unsaturated/α-hetero) is 1. The summed E-state index contributed by atoms with van der Waals surface area (Å²) in [5.41, 5.74) is 6.30. The highest BCUT2D eigenvalue weighted by Gasteiger charge is 2.61. The number of aliphatic hydroxyl groups is 1. The zero-order valence-electron chi connectivity index (χ0n) is 34.6. The molecule has 14 nitrogen and oxygen atoms in total. The van der Waals surface area contributed by atoms with E-state index < -0.39 is 41.1 Å². The van der Waals surface area contributed by atoms with Crippen LogP contribution in [0, 0.1) is 13.8 Å². The molecule has 15 heteroatoms. The Balaban J connectivity index is 1.24. The number of aromatic nitrogens is 1. The average molecular weight is 839 g/mol. The molecule has 316 valence electrons. The number of carbonyl (C=O) groups is 3. The first kappa shape index (κ1) is 39.5. The quantitative estimate of drug-likeness (QED) is 0.177. The summed E-state index contributed by atoms with van der Waals surface area (Å²) in [6, 6.07) is 8.10. The Kier molecular flexibility index (Phi) is 9.72. The lowest BCUT2D eigenvalue weighted by molar-refractivity contribution is -0.181. The monoisotopic (exact) mass is 838 g/mol. The SMILES string of the molecule is CCCC(=O)Oc1c(OC)c(C)cc2c1[C@H]1C3[C@@H]4SC[C@]5(NCCc6c5[nH]c5ccccc65)C(=O)COC[C@@H](c5c6c(c(C)c(OC(C)=O)c54)OCO6)N3[C@@H](O)[C@@H](C2)N1C. The van der Waals surface area contributed by atoms with Crippen LogP contribution in [-0.4, -0.2) is 102 Å². The maximum absolute atomic E-state index is 14.9. The van der Waals surface area contributed by atoms with Crippen LogP contribution in [0.25, 0.3) is 10.9 Å². The molecule has 3 aromatic carbocycles. The zero-order chi connectivity index (χ0) is 41.8. The second-order valence-electron chi connectivity index (χ2n) is 16.8. The van der Waals surface area contributed by atoms with E-state index in [0.29, 0.717) is 59.3 Å². The van der Waals surface area contributed by atoms with Crippen LogP contribution in [0.5, 0.6) is 28.7 Å². The molecule has 7 aliphatic rings. The van der Waals surface area contributed by atoms with E-state index in [1.807, 2.05) is 46.0 Å². The minimum absolute atomic E-state index is 0.00325. The van der Waals surface area contributed by atoms with Gasteiger partial charge in [0.15, 0.2) is 28.8 Å². The highest BCUT2D eigenvalue weighted by molar-refractivity contribution is 7.99. The molecule has 60 heavy (non-hydrogen) atoms. The molecule has 2 saturated heterocycles. The lowest BCUT2D eigenvalue weighted by Crippen LogP contribution is -2.69. The van der Waals surface area contributed by atoms with Gasteiger partial charge >= 0.3 is 11.9 Å². The number of likely N-dealkylation sites (N-methyl/N-ethyl adjacent to an activating group) is 1. The fourth-order valence-corrected chi connectivity index (χ4v) is 12.8. The highest BCUT2D eigenvalue weighted by atomic mass is 32.2. The number of nitrogens with one attached hydrogen (secondary N) is 2. The fourth-order valence-electron chi connectivity index (χ4n) is 11.1. The third-order valence-corrected chi connectivity index (χ3v) is 15.0. The number of benzene rings is 3. The number of aliphatic hydroxyl groups excluding tert-OH is 1. The number of hydrogen-bond acceptors (Lipinski definition) is 14. The molecule has 2 fully saturated rings. The van der Waals surface area contributed by atoms with Gasteiger partial charge in [-0.05, 0) is 62.9 Å². The molecular weight excluding hydrogens is 789 g/mol. The number of carbonyl (C=O) groups excluding carboxylic acids is 3. The van der Waals surface area contributed by atoms with Gasteiger partial charge in [-0.25, -0.2) is 0 Å². The molecular formula is C45H50N4O10S. The average Bonchev–Trinajstić information content (AvgIpc) is 3.86. The molecule has 7 atom stereocenters. The first-order chi connectivity index (χ1) is 29.0. The Morgan fingerprint density at radius 2 is 1.87 bits per heavy atom. The van der Waals surface area contributed by atoms with Crippen molar-refractivity contribution < 1.29 is 47.9 Å². The van der Waals surface area contributed by atoms with Crippen molar-refractivity contribution in [3.63, 3.8) is 0 Å². The number of aryl methyl sites for hydroxylation is 1. The van der Waals surface area contributed by atoms with Crippen molar-refractivity contribution in [3.8, 4) is 28.7 Å². The number of methoxy groups -OCH3 is 1. The summed E-state index contributed by atoms with van der Waals surface area (Å²) in [6.45, 7) is 7.46. The number of para-hydroxylation sites is 1. The van der Waals surface area contributed by atoms with Crippen LogP contribution >= 0.6 is 11.8 Å². The van der Waals surface area contributed by atoms with Gasteiger partial charge in [0, 0.05) is 70.5 Å². The van der Waals surface area contributed by atoms with Crippen LogP contribution in [0.4, 0.5) is 0 Å². The lowest BCUT2D eigenvalue weighted by Gasteiger charge is -2.62. The summed E-state index contributed by atoms with van der Waals surface area (Å²) < 4.78 is 37.6. The van der Waals surface area contributed by atoms with Crippen LogP contribution < -0.4 is 29.0 Å². The second kappa shape index (κ2) is 14.8. The highest BCUT2D eigenvalue weighted by Crippen LogP contribution is 2.64. The van der Waals surface area contributed by atoms with Gasteiger partial charge in [0.2, 0.25) is 6.79 Å². The Morgan fingerprint density at radius 1 is 1.07 bits per heavy atom. The van der Waals surface area contributed by atoms with Gasteiger partial charge in [0.05, 0.1) is 37.1 Å². The van der Waals surface area contributed by atoms with E-state index in [1.54, 1.807) is 18.9 Å². The normalized spacial score (nSPS) is 28.1. The summed E-state index contributed by atoms with van der Waals surface area (Å²) in [7, 11) is 3.59. The Bertz CT molecular complexity index is 2470. The van der Waals surface area contributed by atoms with Crippen molar-refractivity contribution in [2.75, 3.05) is 46.5 Å². The number of piperazine rings is 1. The predicted octanol–water partition coefficient (Wildman–Crippen LogP) is 5.22. The third kappa shape index (κ3) is 5.69. The largest absolute Gasteiger partial charge is 0.493 e. The molecule has 1 unspecified atom stereocenters. The minimum Gasteiger partial charge on any atom is -0.493 e. The number of esters is 2. The number of H-pyrrole nitrogens is 1. The molecule has 7 aliphatic heterocycles.